The summed E-state index contributed by atoms with van der Waals surface area (Å²) in [6.45, 7) is 34.8. The Labute approximate surface area is 300 Å². The Morgan fingerprint density at radius 3 is 1.55 bits per heavy atom. The van der Waals surface area contributed by atoms with Crippen molar-refractivity contribution in [3.63, 3.8) is 0 Å². The van der Waals surface area contributed by atoms with Crippen molar-refractivity contribution in [1.29, 1.82) is 0 Å². The number of phenolic OH excluding ortho intramolecular Hbond substituents is 1. The highest BCUT2D eigenvalue weighted by molar-refractivity contribution is 5.96. The zero-order valence-electron chi connectivity index (χ0n) is 34.5. The fourth-order valence-electron chi connectivity index (χ4n) is 8.97. The summed E-state index contributed by atoms with van der Waals surface area (Å²) >= 11 is 0. The Morgan fingerprint density at radius 1 is 0.796 bits per heavy atom. The zero-order valence-corrected chi connectivity index (χ0v) is 34.5. The molecular formula is C43H73NO5. The standard InChI is InChI=1S/C43H73NO5/c1-18-19-20-31(28-21-32(38(3,4)5)35(45)33(22-28)39(6,7)8)34(36(46)48-29-23-40(9,10)27(2)41(11,12)24-29)37(47)49-30-25-42(13,14)44(17)43(15,16)26-30/h21-22,27,29-31,34,45H,18-20,23-26H2,1-17H3. The Bertz CT molecular complexity index is 1210. The van der Waals surface area contributed by atoms with Crippen LogP contribution >= 0.6 is 0 Å². The number of hydrogen-bond acceptors (Lipinski definition) is 6. The van der Waals surface area contributed by atoms with Crippen molar-refractivity contribution in [2.45, 2.75) is 196 Å². The predicted molar refractivity (Wildman–Crippen MR) is 202 cm³/mol. The molecule has 1 aromatic carbocycles. The Balaban J connectivity index is 2.18. The molecule has 1 aliphatic heterocycles. The Hall–Kier alpha value is -2.08. The van der Waals surface area contributed by atoms with Gasteiger partial charge in [-0.3, -0.25) is 14.5 Å². The van der Waals surface area contributed by atoms with E-state index in [-0.39, 0.29) is 50.7 Å². The van der Waals surface area contributed by atoms with Gasteiger partial charge in [-0.2, -0.15) is 0 Å². The Kier molecular flexibility index (Phi) is 11.9. The lowest BCUT2D eigenvalue weighted by Gasteiger charge is -2.53. The van der Waals surface area contributed by atoms with Crippen molar-refractivity contribution in [2.75, 3.05) is 7.05 Å². The van der Waals surface area contributed by atoms with Crippen LogP contribution in [0.5, 0.6) is 5.75 Å². The number of unbranched alkanes of at least 4 members (excludes halogenated alkanes) is 1. The van der Waals surface area contributed by atoms with E-state index in [0.717, 1.165) is 42.4 Å². The van der Waals surface area contributed by atoms with Gasteiger partial charge >= 0.3 is 11.9 Å². The van der Waals surface area contributed by atoms with Crippen LogP contribution < -0.4 is 0 Å². The number of likely N-dealkylation sites (tertiary alicyclic amines) is 1. The van der Waals surface area contributed by atoms with Crippen molar-refractivity contribution >= 4 is 11.9 Å². The molecule has 0 bridgehead atoms. The van der Waals surface area contributed by atoms with E-state index in [0.29, 0.717) is 25.2 Å². The van der Waals surface area contributed by atoms with E-state index < -0.39 is 23.8 Å². The lowest BCUT2D eigenvalue weighted by Crippen LogP contribution is -2.60. The minimum Gasteiger partial charge on any atom is -0.507 e. The van der Waals surface area contributed by atoms with Gasteiger partial charge in [-0.25, -0.2) is 0 Å². The average molecular weight is 684 g/mol. The molecule has 2 atom stereocenters. The highest BCUT2D eigenvalue weighted by atomic mass is 16.6. The minimum atomic E-state index is -1.12. The number of carbonyl (C=O) groups is 2. The van der Waals surface area contributed by atoms with Gasteiger partial charge in [0.1, 0.15) is 18.0 Å². The summed E-state index contributed by atoms with van der Waals surface area (Å²) in [4.78, 5) is 31.8. The molecule has 1 saturated carbocycles. The molecule has 280 valence electrons. The highest BCUT2D eigenvalue weighted by Gasteiger charge is 2.49. The summed E-state index contributed by atoms with van der Waals surface area (Å²) < 4.78 is 13.0. The first-order valence-electron chi connectivity index (χ1n) is 19.1. The zero-order chi connectivity index (χ0) is 37.7. The molecule has 2 fully saturated rings. The number of ether oxygens (including phenoxy) is 2. The molecule has 2 unspecified atom stereocenters. The summed E-state index contributed by atoms with van der Waals surface area (Å²) in [5.74, 6) is -1.81. The molecule has 1 aliphatic carbocycles. The van der Waals surface area contributed by atoms with Crippen molar-refractivity contribution in [3.05, 3.63) is 28.8 Å². The third kappa shape index (κ3) is 9.24. The van der Waals surface area contributed by atoms with E-state index in [4.69, 9.17) is 9.47 Å². The van der Waals surface area contributed by atoms with E-state index in [1.165, 1.54) is 0 Å². The van der Waals surface area contributed by atoms with Gasteiger partial charge in [-0.15, -0.1) is 0 Å². The maximum Gasteiger partial charge on any atom is 0.321 e. The number of esters is 2. The second kappa shape index (κ2) is 14.2. The van der Waals surface area contributed by atoms with Crippen LogP contribution in [0, 0.1) is 22.7 Å². The molecule has 0 aromatic heterocycles. The third-order valence-corrected chi connectivity index (χ3v) is 12.6. The van der Waals surface area contributed by atoms with Crippen LogP contribution in [-0.2, 0) is 29.9 Å². The number of carbonyl (C=O) groups excluding carboxylic acids is 2. The monoisotopic (exact) mass is 684 g/mol. The van der Waals surface area contributed by atoms with Gasteiger partial charge < -0.3 is 14.6 Å². The van der Waals surface area contributed by atoms with Crippen LogP contribution in [0.15, 0.2) is 12.1 Å². The first-order chi connectivity index (χ1) is 22.0. The quantitative estimate of drug-likeness (QED) is 0.206. The molecule has 1 aromatic rings. The second-order valence-corrected chi connectivity index (χ2v) is 20.5. The molecule has 1 saturated heterocycles. The molecule has 6 nitrogen and oxygen atoms in total. The molecule has 1 heterocycles. The summed E-state index contributed by atoms with van der Waals surface area (Å²) in [6.07, 6.45) is 4.66. The number of benzene rings is 1. The van der Waals surface area contributed by atoms with Gasteiger partial charge in [0, 0.05) is 29.8 Å². The van der Waals surface area contributed by atoms with Crippen molar-refractivity contribution in [3.8, 4) is 5.75 Å². The number of piperidine rings is 1. The summed E-state index contributed by atoms with van der Waals surface area (Å²) in [6, 6.07) is 4.07. The molecular weight excluding hydrogens is 610 g/mol. The lowest BCUT2D eigenvalue weighted by molar-refractivity contribution is -0.178. The van der Waals surface area contributed by atoms with Gasteiger partial charge in [0.2, 0.25) is 0 Å². The van der Waals surface area contributed by atoms with Crippen LogP contribution in [-0.4, -0.2) is 52.3 Å². The van der Waals surface area contributed by atoms with E-state index in [9.17, 15) is 14.7 Å². The topological polar surface area (TPSA) is 76.1 Å². The first-order valence-corrected chi connectivity index (χ1v) is 19.1. The molecule has 0 radical (unpaired) electrons. The van der Waals surface area contributed by atoms with Gasteiger partial charge in [0.05, 0.1) is 0 Å². The summed E-state index contributed by atoms with van der Waals surface area (Å²) in [5.41, 5.74) is 1.43. The summed E-state index contributed by atoms with van der Waals surface area (Å²) in [5, 5.41) is 11.6. The van der Waals surface area contributed by atoms with Crippen LogP contribution in [0.2, 0.25) is 0 Å². The maximum atomic E-state index is 14.7. The van der Waals surface area contributed by atoms with Gasteiger partial charge in [0.15, 0.2) is 5.92 Å². The first kappa shape index (κ1) is 41.3. The fourth-order valence-corrected chi connectivity index (χ4v) is 8.97. The second-order valence-electron chi connectivity index (χ2n) is 20.5. The van der Waals surface area contributed by atoms with E-state index >= 15 is 0 Å². The normalized spacial score (nSPS) is 25.3. The number of rotatable bonds is 9. The highest BCUT2D eigenvalue weighted by Crippen LogP contribution is 2.52. The van der Waals surface area contributed by atoms with Crippen molar-refractivity contribution in [2.24, 2.45) is 22.7 Å². The smallest absolute Gasteiger partial charge is 0.321 e. The number of hydrogen-bond donors (Lipinski definition) is 1. The van der Waals surface area contributed by atoms with Crippen LogP contribution in [0.25, 0.3) is 0 Å². The number of aromatic hydroxyl groups is 1. The molecule has 0 amide bonds. The van der Waals surface area contributed by atoms with Gasteiger partial charge in [0.25, 0.3) is 0 Å². The summed E-state index contributed by atoms with van der Waals surface area (Å²) in [7, 11) is 2.14. The lowest BCUT2D eigenvalue weighted by atomic mass is 9.57. The minimum absolute atomic E-state index is 0.0181. The van der Waals surface area contributed by atoms with Crippen molar-refractivity contribution in [1.82, 2.24) is 4.90 Å². The van der Waals surface area contributed by atoms with Crippen LogP contribution in [0.1, 0.15) is 178 Å². The third-order valence-electron chi connectivity index (χ3n) is 12.6. The van der Waals surface area contributed by atoms with E-state index in [2.05, 4.69) is 123 Å². The Morgan fingerprint density at radius 2 is 1.18 bits per heavy atom. The molecule has 0 spiro atoms. The molecule has 49 heavy (non-hydrogen) atoms. The molecule has 3 rings (SSSR count). The number of phenols is 1. The fraction of sp³-hybridized carbons (Fsp3) is 0.814. The van der Waals surface area contributed by atoms with E-state index in [1.807, 2.05) is 12.1 Å². The van der Waals surface area contributed by atoms with Gasteiger partial charge in [-0.1, -0.05) is 108 Å². The van der Waals surface area contributed by atoms with Crippen LogP contribution in [0.4, 0.5) is 0 Å². The number of nitrogens with zero attached hydrogens (tertiary/aromatic N) is 1. The SMILES string of the molecule is CCCCC(c1cc(C(C)(C)C)c(O)c(C(C)(C)C)c1)C(C(=O)OC1CC(C)(C)C(C)C(C)(C)C1)C(=O)OC1CC(C)(C)N(C)C(C)(C)C1. The van der Waals surface area contributed by atoms with Gasteiger partial charge in [-0.05, 0) is 98.3 Å². The predicted octanol–water partition coefficient (Wildman–Crippen LogP) is 10.5. The average Bonchev–Trinajstić information content (AvgIpc) is 2.90. The molecule has 2 aliphatic rings. The van der Waals surface area contributed by atoms with Crippen LogP contribution in [0.3, 0.4) is 0 Å². The maximum absolute atomic E-state index is 14.7. The molecule has 6 heteroatoms. The largest absolute Gasteiger partial charge is 0.507 e. The molecule has 1 N–H and O–H groups in total. The van der Waals surface area contributed by atoms with Crippen molar-refractivity contribution < 1.29 is 24.2 Å². The van der Waals surface area contributed by atoms with E-state index in [1.54, 1.807) is 0 Å².